The molecule has 0 saturated heterocycles. The van der Waals surface area contributed by atoms with Crippen LogP contribution in [0.25, 0.3) is 0 Å². The van der Waals surface area contributed by atoms with E-state index in [9.17, 15) is 13.6 Å². The molecule has 1 atom stereocenters. The van der Waals surface area contributed by atoms with Gasteiger partial charge in [-0.1, -0.05) is 0 Å². The number of amides is 1. The summed E-state index contributed by atoms with van der Waals surface area (Å²) >= 11 is 0. The molecule has 0 radical (unpaired) electrons. The Morgan fingerprint density at radius 1 is 1.39 bits per heavy atom. The maximum Gasteiger partial charge on any atom is 0.242 e. The van der Waals surface area contributed by atoms with Crippen molar-refractivity contribution >= 4 is 5.91 Å². The highest BCUT2D eigenvalue weighted by molar-refractivity contribution is 5.86. The van der Waals surface area contributed by atoms with Gasteiger partial charge < -0.3 is 5.73 Å². The van der Waals surface area contributed by atoms with Gasteiger partial charge in [0.2, 0.25) is 5.91 Å². The average molecular weight is 254 g/mol. The van der Waals surface area contributed by atoms with Crippen LogP contribution in [0.3, 0.4) is 0 Å². The van der Waals surface area contributed by atoms with E-state index in [1.54, 1.807) is 0 Å². The maximum atomic E-state index is 13.9. The van der Waals surface area contributed by atoms with Gasteiger partial charge in [0.25, 0.3) is 0 Å². The highest BCUT2D eigenvalue weighted by Gasteiger charge is 2.40. The largest absolute Gasteiger partial charge is 0.368 e. The summed E-state index contributed by atoms with van der Waals surface area (Å²) in [6.45, 7) is 2.96. The SMILES string of the molecule is Cc1cc(F)c(C(C)(NC2CC2)C(N)=O)cc1F. The second kappa shape index (κ2) is 4.31. The fourth-order valence-electron chi connectivity index (χ4n) is 1.95. The summed E-state index contributed by atoms with van der Waals surface area (Å²) < 4.78 is 27.5. The first kappa shape index (κ1) is 13.0. The van der Waals surface area contributed by atoms with Crippen molar-refractivity contribution < 1.29 is 13.6 Å². The molecule has 1 amide bonds. The van der Waals surface area contributed by atoms with Crippen molar-refractivity contribution in [1.82, 2.24) is 5.32 Å². The Morgan fingerprint density at radius 3 is 2.50 bits per heavy atom. The Kier molecular flexibility index (Phi) is 3.11. The fourth-order valence-corrected chi connectivity index (χ4v) is 1.95. The number of carbonyl (C=O) groups excluding carboxylic acids is 1. The summed E-state index contributed by atoms with van der Waals surface area (Å²) in [4.78, 5) is 11.6. The minimum Gasteiger partial charge on any atom is -0.368 e. The second-order valence-corrected chi connectivity index (χ2v) is 4.99. The molecule has 3 N–H and O–H groups in total. The lowest BCUT2D eigenvalue weighted by molar-refractivity contribution is -0.124. The zero-order valence-electron chi connectivity index (χ0n) is 10.4. The third-order valence-electron chi connectivity index (χ3n) is 3.35. The number of primary amides is 1. The predicted molar refractivity (Wildman–Crippen MR) is 63.8 cm³/mol. The van der Waals surface area contributed by atoms with Crippen molar-refractivity contribution in [1.29, 1.82) is 0 Å². The van der Waals surface area contributed by atoms with Crippen LogP contribution in [0, 0.1) is 18.6 Å². The lowest BCUT2D eigenvalue weighted by Crippen LogP contribution is -2.51. The molecule has 5 heteroatoms. The van der Waals surface area contributed by atoms with Gasteiger partial charge in [-0.2, -0.15) is 0 Å². The number of nitrogens with one attached hydrogen (secondary N) is 1. The van der Waals surface area contributed by atoms with Gasteiger partial charge in [-0.25, -0.2) is 8.78 Å². The van der Waals surface area contributed by atoms with Gasteiger partial charge in [0.15, 0.2) is 0 Å². The van der Waals surface area contributed by atoms with Crippen LogP contribution < -0.4 is 11.1 Å². The Labute approximate surface area is 104 Å². The summed E-state index contributed by atoms with van der Waals surface area (Å²) in [6, 6.07) is 2.27. The molecular weight excluding hydrogens is 238 g/mol. The van der Waals surface area contributed by atoms with E-state index in [2.05, 4.69) is 5.32 Å². The lowest BCUT2D eigenvalue weighted by atomic mass is 9.89. The van der Waals surface area contributed by atoms with Gasteiger partial charge in [0.1, 0.15) is 17.2 Å². The van der Waals surface area contributed by atoms with Crippen LogP contribution in [-0.4, -0.2) is 11.9 Å². The molecule has 1 aromatic carbocycles. The van der Waals surface area contributed by atoms with Crippen molar-refractivity contribution in [2.75, 3.05) is 0 Å². The fraction of sp³-hybridized carbons (Fsp3) is 0.462. The van der Waals surface area contributed by atoms with Gasteiger partial charge in [-0.05, 0) is 44.4 Å². The predicted octanol–water partition coefficient (Wildman–Crippen LogP) is 1.73. The molecule has 3 nitrogen and oxygen atoms in total. The van der Waals surface area contributed by atoms with Crippen LogP contribution in [-0.2, 0) is 10.3 Å². The number of hydrogen-bond acceptors (Lipinski definition) is 2. The summed E-state index contributed by atoms with van der Waals surface area (Å²) in [6.07, 6.45) is 1.83. The standard InChI is InChI=1S/C13H16F2N2O/c1-7-5-11(15)9(6-10(7)14)13(2,12(16)18)17-8-3-4-8/h5-6,8,17H,3-4H2,1-2H3,(H2,16,18). The summed E-state index contributed by atoms with van der Waals surface area (Å²) in [7, 11) is 0. The second-order valence-electron chi connectivity index (χ2n) is 4.99. The molecule has 0 aliphatic heterocycles. The normalized spacial score (nSPS) is 18.4. The quantitative estimate of drug-likeness (QED) is 0.859. The van der Waals surface area contributed by atoms with E-state index < -0.39 is 23.1 Å². The Balaban J connectivity index is 2.47. The Hall–Kier alpha value is -1.49. The van der Waals surface area contributed by atoms with Gasteiger partial charge in [0.05, 0.1) is 0 Å². The van der Waals surface area contributed by atoms with Crippen LogP contribution in [0.2, 0.25) is 0 Å². The molecule has 98 valence electrons. The summed E-state index contributed by atoms with van der Waals surface area (Å²) in [5.41, 5.74) is 4.14. The highest BCUT2D eigenvalue weighted by Crippen LogP contribution is 2.31. The number of nitrogens with two attached hydrogens (primary N) is 1. The highest BCUT2D eigenvalue weighted by atomic mass is 19.1. The molecule has 18 heavy (non-hydrogen) atoms. The first-order chi connectivity index (χ1) is 8.34. The average Bonchev–Trinajstić information content (AvgIpc) is 3.06. The molecule has 1 aliphatic carbocycles. The number of halogens is 2. The van der Waals surface area contributed by atoms with Crippen LogP contribution in [0.15, 0.2) is 12.1 Å². The van der Waals surface area contributed by atoms with Crippen LogP contribution in [0.4, 0.5) is 8.78 Å². The summed E-state index contributed by atoms with van der Waals surface area (Å²) in [5.74, 6) is -1.88. The number of benzene rings is 1. The Bertz CT molecular complexity index is 500. The van der Waals surface area contributed by atoms with E-state index >= 15 is 0 Å². The van der Waals surface area contributed by atoms with E-state index in [4.69, 9.17) is 5.73 Å². The van der Waals surface area contributed by atoms with Gasteiger partial charge in [0, 0.05) is 11.6 Å². The third kappa shape index (κ3) is 2.22. The summed E-state index contributed by atoms with van der Waals surface area (Å²) in [5, 5.41) is 2.99. The monoisotopic (exact) mass is 254 g/mol. The zero-order chi connectivity index (χ0) is 13.5. The van der Waals surface area contributed by atoms with Gasteiger partial charge in [-0.15, -0.1) is 0 Å². The van der Waals surface area contributed by atoms with E-state index in [0.717, 1.165) is 25.0 Å². The number of hydrogen-bond donors (Lipinski definition) is 2. The van der Waals surface area contributed by atoms with Crippen LogP contribution in [0.5, 0.6) is 0 Å². The topological polar surface area (TPSA) is 55.1 Å². The van der Waals surface area contributed by atoms with Gasteiger partial charge >= 0.3 is 0 Å². The molecule has 0 heterocycles. The van der Waals surface area contributed by atoms with E-state index in [0.29, 0.717) is 0 Å². The van der Waals surface area contributed by atoms with E-state index in [-0.39, 0.29) is 17.2 Å². The van der Waals surface area contributed by atoms with Crippen molar-refractivity contribution in [3.63, 3.8) is 0 Å². The molecule has 1 unspecified atom stereocenters. The smallest absolute Gasteiger partial charge is 0.242 e. The van der Waals surface area contributed by atoms with Crippen LogP contribution >= 0.6 is 0 Å². The molecule has 0 aromatic heterocycles. The number of aryl methyl sites for hydroxylation is 1. The minimum atomic E-state index is -1.38. The zero-order valence-corrected chi connectivity index (χ0v) is 10.4. The first-order valence-corrected chi connectivity index (χ1v) is 5.88. The van der Waals surface area contributed by atoms with Crippen molar-refractivity contribution in [2.45, 2.75) is 38.3 Å². The molecule has 1 aromatic rings. The van der Waals surface area contributed by atoms with Crippen molar-refractivity contribution in [2.24, 2.45) is 5.73 Å². The van der Waals surface area contributed by atoms with Crippen molar-refractivity contribution in [3.8, 4) is 0 Å². The van der Waals surface area contributed by atoms with E-state index in [1.165, 1.54) is 13.8 Å². The van der Waals surface area contributed by atoms with Gasteiger partial charge in [-0.3, -0.25) is 10.1 Å². The molecule has 2 rings (SSSR count). The molecule has 1 fully saturated rings. The molecule has 0 spiro atoms. The van der Waals surface area contributed by atoms with E-state index in [1.807, 2.05) is 0 Å². The molecule has 1 saturated carbocycles. The molecule has 0 bridgehead atoms. The molecular formula is C13H16F2N2O. The van der Waals surface area contributed by atoms with Crippen LogP contribution in [0.1, 0.15) is 30.9 Å². The Morgan fingerprint density at radius 2 is 2.00 bits per heavy atom. The lowest BCUT2D eigenvalue weighted by Gasteiger charge is -2.28. The van der Waals surface area contributed by atoms with Crippen molar-refractivity contribution in [3.05, 3.63) is 34.9 Å². The number of rotatable bonds is 4. The maximum absolute atomic E-state index is 13.9. The first-order valence-electron chi connectivity index (χ1n) is 5.88. The molecule has 1 aliphatic rings. The number of carbonyl (C=O) groups is 1. The minimum absolute atomic E-state index is 0.0370. The third-order valence-corrected chi connectivity index (χ3v) is 3.35.